The van der Waals surface area contributed by atoms with Crippen molar-refractivity contribution in [1.29, 1.82) is 0 Å². The molecule has 0 aromatic heterocycles. The van der Waals surface area contributed by atoms with Crippen LogP contribution >= 0.6 is 0 Å². The van der Waals surface area contributed by atoms with E-state index in [2.05, 4.69) is 5.32 Å². The maximum atomic E-state index is 9.42. The highest BCUT2D eigenvalue weighted by Crippen LogP contribution is 2.37. The first-order valence-electron chi connectivity index (χ1n) is 5.34. The highest BCUT2D eigenvalue weighted by molar-refractivity contribution is 6.04. The molecule has 0 saturated carbocycles. The first-order chi connectivity index (χ1) is 8.24. The van der Waals surface area contributed by atoms with Gasteiger partial charge in [-0.2, -0.15) is 0 Å². The predicted molar refractivity (Wildman–Crippen MR) is 66.2 cm³/mol. The van der Waals surface area contributed by atoms with E-state index in [1.165, 1.54) is 6.07 Å². The Kier molecular flexibility index (Phi) is 2.05. The van der Waals surface area contributed by atoms with Crippen LogP contribution in [0.4, 0.5) is 0 Å². The SMILES string of the molecule is Oc1cc(O)cc(C2=C(c3ccccc3)N2)c1. The van der Waals surface area contributed by atoms with Gasteiger partial charge < -0.3 is 15.5 Å². The lowest BCUT2D eigenvalue weighted by atomic mass is 10.1. The van der Waals surface area contributed by atoms with Crippen LogP contribution < -0.4 is 5.32 Å². The van der Waals surface area contributed by atoms with E-state index in [1.807, 2.05) is 30.3 Å². The smallest absolute Gasteiger partial charge is 0.119 e. The fraction of sp³-hybridized carbons (Fsp3) is 0. The second kappa shape index (κ2) is 3.56. The van der Waals surface area contributed by atoms with E-state index in [4.69, 9.17) is 0 Å². The van der Waals surface area contributed by atoms with E-state index < -0.39 is 0 Å². The quantitative estimate of drug-likeness (QED) is 0.736. The first-order valence-corrected chi connectivity index (χ1v) is 5.34. The van der Waals surface area contributed by atoms with E-state index in [-0.39, 0.29) is 11.5 Å². The third kappa shape index (κ3) is 1.83. The van der Waals surface area contributed by atoms with Gasteiger partial charge in [0.05, 0.1) is 11.4 Å². The van der Waals surface area contributed by atoms with Gasteiger partial charge in [-0.1, -0.05) is 30.3 Å². The molecule has 0 aliphatic carbocycles. The molecule has 0 fully saturated rings. The molecule has 3 heteroatoms. The minimum Gasteiger partial charge on any atom is -0.508 e. The summed E-state index contributed by atoms with van der Waals surface area (Å²) >= 11 is 0. The van der Waals surface area contributed by atoms with E-state index in [0.717, 1.165) is 22.5 Å². The summed E-state index contributed by atoms with van der Waals surface area (Å²) in [7, 11) is 0. The minimum absolute atomic E-state index is 0.0635. The van der Waals surface area contributed by atoms with Crippen LogP contribution in [0.15, 0.2) is 48.5 Å². The number of nitrogens with one attached hydrogen (secondary N) is 1. The summed E-state index contributed by atoms with van der Waals surface area (Å²) in [6.45, 7) is 0. The Morgan fingerprint density at radius 1 is 0.706 bits per heavy atom. The standard InChI is InChI=1S/C14H11NO2/c16-11-6-10(7-12(17)8-11)14-13(15-14)9-4-2-1-3-5-9/h1-8,15-17H. The zero-order valence-electron chi connectivity index (χ0n) is 9.01. The summed E-state index contributed by atoms with van der Waals surface area (Å²) in [5, 5.41) is 22.0. The number of benzene rings is 2. The minimum atomic E-state index is 0.0635. The fourth-order valence-electron chi connectivity index (χ4n) is 1.87. The normalized spacial score (nSPS) is 13.4. The van der Waals surface area contributed by atoms with Gasteiger partial charge in [-0.15, -0.1) is 0 Å². The van der Waals surface area contributed by atoms with Gasteiger partial charge in [0.25, 0.3) is 0 Å². The molecule has 1 aliphatic heterocycles. The van der Waals surface area contributed by atoms with Gasteiger partial charge in [0.2, 0.25) is 0 Å². The van der Waals surface area contributed by atoms with Crippen LogP contribution in [-0.4, -0.2) is 10.2 Å². The Morgan fingerprint density at radius 2 is 1.29 bits per heavy atom. The van der Waals surface area contributed by atoms with Gasteiger partial charge in [0, 0.05) is 17.2 Å². The van der Waals surface area contributed by atoms with E-state index in [0.29, 0.717) is 0 Å². The van der Waals surface area contributed by atoms with Crippen molar-refractivity contribution < 1.29 is 10.2 Å². The lowest BCUT2D eigenvalue weighted by Gasteiger charge is -1.97. The fourth-order valence-corrected chi connectivity index (χ4v) is 1.87. The highest BCUT2D eigenvalue weighted by atomic mass is 16.3. The zero-order valence-corrected chi connectivity index (χ0v) is 9.01. The summed E-state index contributed by atoms with van der Waals surface area (Å²) in [5.41, 5.74) is 3.88. The lowest BCUT2D eigenvalue weighted by Crippen LogP contribution is -1.82. The van der Waals surface area contributed by atoms with Crippen LogP contribution in [0.1, 0.15) is 11.1 Å². The molecule has 0 bridgehead atoms. The van der Waals surface area contributed by atoms with Gasteiger partial charge in [-0.05, 0) is 12.1 Å². The third-order valence-electron chi connectivity index (χ3n) is 2.69. The molecule has 0 spiro atoms. The maximum absolute atomic E-state index is 9.42. The van der Waals surface area contributed by atoms with Crippen LogP contribution in [0.5, 0.6) is 11.5 Å². The molecule has 0 atom stereocenters. The van der Waals surface area contributed by atoms with Crippen molar-refractivity contribution in [2.24, 2.45) is 0 Å². The molecule has 1 aliphatic rings. The monoisotopic (exact) mass is 225 g/mol. The van der Waals surface area contributed by atoms with Crippen LogP contribution in [-0.2, 0) is 0 Å². The number of hydrogen-bond acceptors (Lipinski definition) is 3. The molecule has 0 radical (unpaired) electrons. The summed E-state index contributed by atoms with van der Waals surface area (Å²) in [6, 6.07) is 14.5. The van der Waals surface area contributed by atoms with Crippen molar-refractivity contribution in [3.8, 4) is 11.5 Å². The van der Waals surface area contributed by atoms with E-state index in [1.54, 1.807) is 12.1 Å². The molecule has 84 valence electrons. The number of phenolic OH excluding ortho intramolecular Hbond substituents is 2. The molecule has 17 heavy (non-hydrogen) atoms. The number of rotatable bonds is 2. The molecule has 0 amide bonds. The molecule has 0 saturated heterocycles. The number of phenols is 2. The molecule has 0 unspecified atom stereocenters. The topological polar surface area (TPSA) is 62.4 Å². The third-order valence-corrected chi connectivity index (χ3v) is 2.69. The van der Waals surface area contributed by atoms with Gasteiger partial charge in [-0.3, -0.25) is 0 Å². The zero-order chi connectivity index (χ0) is 11.8. The van der Waals surface area contributed by atoms with Crippen molar-refractivity contribution in [3.05, 3.63) is 59.7 Å². The van der Waals surface area contributed by atoms with Gasteiger partial charge in [0.15, 0.2) is 0 Å². The average Bonchev–Trinajstić information content (AvgIpc) is 3.09. The predicted octanol–water partition coefficient (Wildman–Crippen LogP) is 2.53. The van der Waals surface area contributed by atoms with Crippen LogP contribution in [0.3, 0.4) is 0 Å². The Hall–Kier alpha value is -2.42. The lowest BCUT2D eigenvalue weighted by molar-refractivity contribution is 0.450. The first kappa shape index (κ1) is 9.78. The van der Waals surface area contributed by atoms with Crippen LogP contribution in [0.25, 0.3) is 11.4 Å². The number of hydrogen-bond donors (Lipinski definition) is 3. The van der Waals surface area contributed by atoms with Crippen molar-refractivity contribution in [1.82, 2.24) is 5.32 Å². The summed E-state index contributed by atoms with van der Waals surface area (Å²) in [6.07, 6.45) is 0. The van der Waals surface area contributed by atoms with Gasteiger partial charge in [-0.25, -0.2) is 0 Å². The Bertz CT molecular complexity index is 583. The molecule has 2 aromatic carbocycles. The van der Waals surface area contributed by atoms with Crippen LogP contribution in [0, 0.1) is 0 Å². The average molecular weight is 225 g/mol. The summed E-state index contributed by atoms with van der Waals surface area (Å²) < 4.78 is 0. The summed E-state index contributed by atoms with van der Waals surface area (Å²) in [5.74, 6) is 0.127. The van der Waals surface area contributed by atoms with Crippen LogP contribution in [0.2, 0.25) is 0 Å². The second-order valence-corrected chi connectivity index (χ2v) is 3.98. The van der Waals surface area contributed by atoms with E-state index in [9.17, 15) is 10.2 Å². The second-order valence-electron chi connectivity index (χ2n) is 3.98. The van der Waals surface area contributed by atoms with Gasteiger partial charge >= 0.3 is 0 Å². The van der Waals surface area contributed by atoms with E-state index >= 15 is 0 Å². The maximum Gasteiger partial charge on any atom is 0.119 e. The van der Waals surface area contributed by atoms with Gasteiger partial charge in [0.1, 0.15) is 11.5 Å². The molecule has 3 nitrogen and oxygen atoms in total. The Labute approximate surface area is 98.7 Å². The molecule has 3 rings (SSSR count). The number of aromatic hydroxyl groups is 2. The highest BCUT2D eigenvalue weighted by Gasteiger charge is 2.24. The van der Waals surface area contributed by atoms with Crippen molar-refractivity contribution >= 4 is 11.4 Å². The molecular formula is C14H11NO2. The van der Waals surface area contributed by atoms with Crippen molar-refractivity contribution in [2.75, 3.05) is 0 Å². The molecular weight excluding hydrogens is 214 g/mol. The Morgan fingerprint density at radius 3 is 1.94 bits per heavy atom. The molecule has 3 N–H and O–H groups in total. The molecule has 1 heterocycles. The van der Waals surface area contributed by atoms with Crippen molar-refractivity contribution in [3.63, 3.8) is 0 Å². The van der Waals surface area contributed by atoms with Crippen molar-refractivity contribution in [2.45, 2.75) is 0 Å². The molecule has 2 aromatic rings. The Balaban J connectivity index is 2.00. The summed E-state index contributed by atoms with van der Waals surface area (Å²) in [4.78, 5) is 0. The largest absolute Gasteiger partial charge is 0.508 e.